The minimum absolute atomic E-state index is 0.0371. The van der Waals surface area contributed by atoms with Gasteiger partial charge in [-0.1, -0.05) is 31.9 Å². The molecule has 0 radical (unpaired) electrons. The van der Waals surface area contributed by atoms with Crippen LogP contribution < -0.4 is 0 Å². The van der Waals surface area contributed by atoms with Crippen LogP contribution in [0.5, 0.6) is 0 Å². The Morgan fingerprint density at radius 3 is 2.75 bits per heavy atom. The first-order valence-corrected chi connectivity index (χ1v) is 5.61. The first-order chi connectivity index (χ1) is 7.75. The van der Waals surface area contributed by atoms with Gasteiger partial charge in [-0.25, -0.2) is 4.39 Å². The second-order valence-corrected chi connectivity index (χ2v) is 3.66. The Labute approximate surface area is 95.4 Å². The van der Waals surface area contributed by atoms with E-state index in [-0.39, 0.29) is 18.0 Å². The summed E-state index contributed by atoms with van der Waals surface area (Å²) in [5.41, 5.74) is 0.109. The van der Waals surface area contributed by atoms with Gasteiger partial charge in [-0.3, -0.25) is 4.79 Å². The molecular formula is C13H17FO2. The fourth-order valence-corrected chi connectivity index (χ4v) is 1.38. The molecule has 0 aliphatic rings. The van der Waals surface area contributed by atoms with E-state index in [0.29, 0.717) is 6.61 Å². The van der Waals surface area contributed by atoms with Crippen LogP contribution in [0.4, 0.5) is 4.39 Å². The quantitative estimate of drug-likeness (QED) is 0.525. The Kier molecular flexibility index (Phi) is 5.72. The molecule has 0 amide bonds. The molecule has 0 saturated carbocycles. The maximum atomic E-state index is 13.2. The van der Waals surface area contributed by atoms with Gasteiger partial charge in [0.05, 0.1) is 5.56 Å². The van der Waals surface area contributed by atoms with Crippen LogP contribution in [0, 0.1) is 5.82 Å². The molecule has 2 nitrogen and oxygen atoms in total. The molecular weight excluding hydrogens is 207 g/mol. The van der Waals surface area contributed by atoms with Crippen LogP contribution in [0.3, 0.4) is 0 Å². The molecule has 0 unspecified atom stereocenters. The molecule has 16 heavy (non-hydrogen) atoms. The number of ether oxygens (including phenoxy) is 1. The Morgan fingerprint density at radius 1 is 1.31 bits per heavy atom. The van der Waals surface area contributed by atoms with Crippen LogP contribution in [0.2, 0.25) is 0 Å². The standard InChI is InChI=1S/C13H17FO2/c1-2-3-6-9-16-10-13(15)11-7-4-5-8-12(11)14/h4-5,7-8H,2-3,6,9-10H2,1H3. The van der Waals surface area contributed by atoms with E-state index in [1.54, 1.807) is 12.1 Å². The van der Waals surface area contributed by atoms with Gasteiger partial charge in [-0.05, 0) is 18.6 Å². The van der Waals surface area contributed by atoms with Gasteiger partial charge in [-0.15, -0.1) is 0 Å². The highest BCUT2D eigenvalue weighted by molar-refractivity contribution is 5.97. The number of carbonyl (C=O) groups is 1. The summed E-state index contributed by atoms with van der Waals surface area (Å²) >= 11 is 0. The number of benzene rings is 1. The molecule has 0 spiro atoms. The highest BCUT2D eigenvalue weighted by atomic mass is 19.1. The van der Waals surface area contributed by atoms with Crippen molar-refractivity contribution in [2.75, 3.05) is 13.2 Å². The second kappa shape index (κ2) is 7.12. The number of hydrogen-bond acceptors (Lipinski definition) is 2. The summed E-state index contributed by atoms with van der Waals surface area (Å²) in [5, 5.41) is 0. The molecule has 1 rings (SSSR count). The number of halogens is 1. The van der Waals surface area contributed by atoms with Crippen molar-refractivity contribution in [1.29, 1.82) is 0 Å². The van der Waals surface area contributed by atoms with Crippen LogP contribution in [-0.4, -0.2) is 19.0 Å². The van der Waals surface area contributed by atoms with Crippen LogP contribution in [0.25, 0.3) is 0 Å². The van der Waals surface area contributed by atoms with E-state index in [9.17, 15) is 9.18 Å². The lowest BCUT2D eigenvalue weighted by Gasteiger charge is -2.04. The van der Waals surface area contributed by atoms with Gasteiger partial charge in [0.25, 0.3) is 0 Å². The smallest absolute Gasteiger partial charge is 0.191 e. The van der Waals surface area contributed by atoms with E-state index in [4.69, 9.17) is 4.74 Å². The van der Waals surface area contributed by atoms with Crippen LogP contribution in [0.15, 0.2) is 24.3 Å². The summed E-state index contributed by atoms with van der Waals surface area (Å²) < 4.78 is 18.4. The maximum Gasteiger partial charge on any atom is 0.191 e. The molecule has 0 aliphatic carbocycles. The van der Waals surface area contributed by atoms with Crippen LogP contribution in [0.1, 0.15) is 36.5 Å². The van der Waals surface area contributed by atoms with Crippen molar-refractivity contribution in [2.24, 2.45) is 0 Å². The minimum Gasteiger partial charge on any atom is -0.373 e. The fraction of sp³-hybridized carbons (Fsp3) is 0.462. The second-order valence-electron chi connectivity index (χ2n) is 3.66. The summed E-state index contributed by atoms with van der Waals surface area (Å²) in [6.07, 6.45) is 3.15. The van der Waals surface area contributed by atoms with Gasteiger partial charge in [0.1, 0.15) is 12.4 Å². The van der Waals surface area contributed by atoms with E-state index in [0.717, 1.165) is 19.3 Å². The van der Waals surface area contributed by atoms with E-state index in [2.05, 4.69) is 6.92 Å². The van der Waals surface area contributed by atoms with Gasteiger partial charge in [0, 0.05) is 6.61 Å². The first-order valence-electron chi connectivity index (χ1n) is 5.61. The Bertz CT molecular complexity index is 336. The summed E-state index contributed by atoms with van der Waals surface area (Å²) in [6.45, 7) is 2.63. The number of hydrogen-bond donors (Lipinski definition) is 0. The third-order valence-corrected chi connectivity index (χ3v) is 2.30. The van der Waals surface area contributed by atoms with Crippen molar-refractivity contribution >= 4 is 5.78 Å². The molecule has 1 aromatic rings. The predicted molar refractivity (Wildman–Crippen MR) is 61.1 cm³/mol. The number of carbonyl (C=O) groups excluding carboxylic acids is 1. The Balaban J connectivity index is 2.33. The average Bonchev–Trinajstić information content (AvgIpc) is 2.29. The van der Waals surface area contributed by atoms with Crippen LogP contribution in [-0.2, 0) is 4.74 Å². The van der Waals surface area contributed by atoms with Gasteiger partial charge >= 0.3 is 0 Å². The van der Waals surface area contributed by atoms with Crippen LogP contribution >= 0.6 is 0 Å². The predicted octanol–water partition coefficient (Wildman–Crippen LogP) is 3.22. The van der Waals surface area contributed by atoms with Gasteiger partial charge in [-0.2, -0.15) is 0 Å². The lowest BCUT2D eigenvalue weighted by molar-refractivity contribution is 0.0749. The number of rotatable bonds is 7. The zero-order valence-corrected chi connectivity index (χ0v) is 9.54. The Morgan fingerprint density at radius 2 is 2.06 bits per heavy atom. The monoisotopic (exact) mass is 224 g/mol. The van der Waals surface area contributed by atoms with Crippen molar-refractivity contribution in [1.82, 2.24) is 0 Å². The highest BCUT2D eigenvalue weighted by Gasteiger charge is 2.10. The van der Waals surface area contributed by atoms with Gasteiger partial charge < -0.3 is 4.74 Å². The van der Waals surface area contributed by atoms with Crippen molar-refractivity contribution < 1.29 is 13.9 Å². The number of Topliss-reactive ketones (excluding diaryl/α,β-unsaturated/α-hetero) is 1. The fourth-order valence-electron chi connectivity index (χ4n) is 1.38. The summed E-state index contributed by atoms with van der Waals surface area (Å²) in [6, 6.07) is 5.97. The minimum atomic E-state index is -0.482. The normalized spacial score (nSPS) is 10.4. The van der Waals surface area contributed by atoms with Crippen molar-refractivity contribution in [3.63, 3.8) is 0 Å². The zero-order chi connectivity index (χ0) is 11.8. The molecule has 3 heteroatoms. The number of ketones is 1. The summed E-state index contributed by atoms with van der Waals surface area (Å²) in [4.78, 5) is 11.5. The lowest BCUT2D eigenvalue weighted by Crippen LogP contribution is -2.11. The SMILES string of the molecule is CCCCCOCC(=O)c1ccccc1F. The molecule has 0 N–H and O–H groups in total. The lowest BCUT2D eigenvalue weighted by atomic mass is 10.1. The van der Waals surface area contributed by atoms with Crippen molar-refractivity contribution in [3.05, 3.63) is 35.6 Å². The summed E-state index contributed by atoms with van der Waals surface area (Å²) in [7, 11) is 0. The third-order valence-electron chi connectivity index (χ3n) is 2.30. The average molecular weight is 224 g/mol. The van der Waals surface area contributed by atoms with Gasteiger partial charge in [0.2, 0.25) is 0 Å². The molecule has 88 valence electrons. The third kappa shape index (κ3) is 4.11. The van der Waals surface area contributed by atoms with E-state index in [1.807, 2.05) is 0 Å². The highest BCUT2D eigenvalue weighted by Crippen LogP contribution is 2.07. The molecule has 0 aromatic heterocycles. The largest absolute Gasteiger partial charge is 0.373 e. The molecule has 0 bridgehead atoms. The number of unbranched alkanes of at least 4 members (excludes halogenated alkanes) is 2. The summed E-state index contributed by atoms with van der Waals surface area (Å²) in [5.74, 6) is -0.778. The topological polar surface area (TPSA) is 26.3 Å². The van der Waals surface area contributed by atoms with Crippen molar-refractivity contribution in [2.45, 2.75) is 26.2 Å². The molecule has 0 heterocycles. The zero-order valence-electron chi connectivity index (χ0n) is 9.54. The van der Waals surface area contributed by atoms with E-state index < -0.39 is 5.82 Å². The molecule has 1 aromatic carbocycles. The van der Waals surface area contributed by atoms with Gasteiger partial charge in [0.15, 0.2) is 5.78 Å². The molecule has 0 atom stereocenters. The Hall–Kier alpha value is -1.22. The molecule has 0 saturated heterocycles. The maximum absolute atomic E-state index is 13.2. The van der Waals surface area contributed by atoms with Crippen molar-refractivity contribution in [3.8, 4) is 0 Å². The molecule has 0 fully saturated rings. The molecule has 0 aliphatic heterocycles. The van der Waals surface area contributed by atoms with E-state index >= 15 is 0 Å². The van der Waals surface area contributed by atoms with E-state index in [1.165, 1.54) is 12.1 Å². The first kappa shape index (κ1) is 12.8.